The quantitative estimate of drug-likeness (QED) is 0.697. The summed E-state index contributed by atoms with van der Waals surface area (Å²) in [6, 6.07) is 9.93. The number of alkyl halides is 2. The molecule has 1 N–H and O–H groups in total. The molecule has 2 aromatic rings. The Morgan fingerprint density at radius 1 is 1.23 bits per heavy atom. The highest BCUT2D eigenvalue weighted by molar-refractivity contribution is 5.91. The lowest BCUT2D eigenvalue weighted by Crippen LogP contribution is -2.45. The van der Waals surface area contributed by atoms with E-state index in [4.69, 9.17) is 4.74 Å². The Kier molecular flexibility index (Phi) is 7.35. The van der Waals surface area contributed by atoms with Crippen molar-refractivity contribution in [2.75, 3.05) is 18.0 Å². The number of rotatable bonds is 7. The number of hydrogen-bond donors (Lipinski definition) is 1. The van der Waals surface area contributed by atoms with Crippen LogP contribution in [0.1, 0.15) is 25.0 Å². The lowest BCUT2D eigenvalue weighted by atomic mass is 10.2. The van der Waals surface area contributed by atoms with Crippen LogP contribution in [0.5, 0.6) is 5.75 Å². The molecule has 2 unspecified atom stereocenters. The van der Waals surface area contributed by atoms with Gasteiger partial charge in [0.25, 0.3) is 0 Å². The zero-order valence-corrected chi connectivity index (χ0v) is 16.9. The number of nitrogens with zero attached hydrogens (tertiary/aromatic N) is 2. The van der Waals surface area contributed by atoms with Gasteiger partial charge in [-0.05, 0) is 49.2 Å². The van der Waals surface area contributed by atoms with Crippen LogP contribution in [0.3, 0.4) is 0 Å². The Bertz CT molecular complexity index is 847. The van der Waals surface area contributed by atoms with Gasteiger partial charge in [-0.2, -0.15) is 8.78 Å². The van der Waals surface area contributed by atoms with Gasteiger partial charge in [-0.25, -0.2) is 4.98 Å². The first-order chi connectivity index (χ1) is 14.4. The van der Waals surface area contributed by atoms with Gasteiger partial charge in [0, 0.05) is 31.9 Å². The summed E-state index contributed by atoms with van der Waals surface area (Å²) in [7, 11) is 0. The van der Waals surface area contributed by atoms with Crippen molar-refractivity contribution in [1.82, 2.24) is 10.3 Å². The van der Waals surface area contributed by atoms with Crippen LogP contribution in [-0.2, 0) is 16.1 Å². The standard InChI is InChI=1S/C22H25F2N3O3/c1-15-13-27(14-16(2)29-15)20-9-5-18(11-25-20)12-26-21(28)10-6-17-3-7-19(8-4-17)30-22(23)24/h3-11,15-16,22H,12-14H2,1-2H3,(H,26,28)/b10-6+. The number of anilines is 1. The van der Waals surface area contributed by atoms with Gasteiger partial charge in [0.2, 0.25) is 5.91 Å². The van der Waals surface area contributed by atoms with Crippen LogP contribution in [-0.4, -0.2) is 42.8 Å². The number of benzene rings is 1. The molecule has 0 radical (unpaired) electrons. The van der Waals surface area contributed by atoms with Gasteiger partial charge in [-0.1, -0.05) is 18.2 Å². The normalized spacial score (nSPS) is 19.3. The van der Waals surface area contributed by atoms with Gasteiger partial charge in [0.05, 0.1) is 12.2 Å². The lowest BCUT2D eigenvalue weighted by Gasteiger charge is -2.36. The second-order valence-electron chi connectivity index (χ2n) is 7.19. The van der Waals surface area contributed by atoms with Gasteiger partial charge < -0.3 is 19.7 Å². The molecule has 8 heteroatoms. The molecule has 1 fully saturated rings. The van der Waals surface area contributed by atoms with Crippen LogP contribution < -0.4 is 15.0 Å². The number of amides is 1. The first-order valence-electron chi connectivity index (χ1n) is 9.75. The topological polar surface area (TPSA) is 63.7 Å². The highest BCUT2D eigenvalue weighted by Crippen LogP contribution is 2.18. The molecule has 2 heterocycles. The second-order valence-corrected chi connectivity index (χ2v) is 7.19. The molecule has 0 saturated carbocycles. The fourth-order valence-corrected chi connectivity index (χ4v) is 3.25. The van der Waals surface area contributed by atoms with Crippen molar-refractivity contribution in [3.05, 3.63) is 59.8 Å². The molecule has 30 heavy (non-hydrogen) atoms. The van der Waals surface area contributed by atoms with Crippen molar-refractivity contribution in [3.63, 3.8) is 0 Å². The van der Waals surface area contributed by atoms with Crippen LogP contribution in [0.15, 0.2) is 48.7 Å². The van der Waals surface area contributed by atoms with E-state index in [9.17, 15) is 13.6 Å². The average molecular weight is 417 g/mol. The second kappa shape index (κ2) is 10.2. The van der Waals surface area contributed by atoms with Crippen LogP contribution in [0.4, 0.5) is 14.6 Å². The zero-order valence-electron chi connectivity index (χ0n) is 16.9. The monoisotopic (exact) mass is 417 g/mol. The number of aromatic nitrogens is 1. The smallest absolute Gasteiger partial charge is 0.387 e. The van der Waals surface area contributed by atoms with Gasteiger partial charge in [0.15, 0.2) is 0 Å². The van der Waals surface area contributed by atoms with E-state index >= 15 is 0 Å². The van der Waals surface area contributed by atoms with Gasteiger partial charge in [-0.15, -0.1) is 0 Å². The minimum atomic E-state index is -2.86. The van der Waals surface area contributed by atoms with Crippen LogP contribution in [0.25, 0.3) is 6.08 Å². The molecule has 1 aromatic heterocycles. The molecular formula is C22H25F2N3O3. The van der Waals surface area contributed by atoms with E-state index in [1.807, 2.05) is 26.0 Å². The van der Waals surface area contributed by atoms with Gasteiger partial charge >= 0.3 is 6.61 Å². The molecule has 2 atom stereocenters. The van der Waals surface area contributed by atoms with Crippen molar-refractivity contribution in [2.24, 2.45) is 0 Å². The van der Waals surface area contributed by atoms with E-state index in [1.54, 1.807) is 24.4 Å². The fourth-order valence-electron chi connectivity index (χ4n) is 3.25. The van der Waals surface area contributed by atoms with E-state index in [0.29, 0.717) is 12.1 Å². The number of morpholine rings is 1. The summed E-state index contributed by atoms with van der Waals surface area (Å²) in [5.41, 5.74) is 1.59. The first kappa shape index (κ1) is 21.7. The number of ether oxygens (including phenoxy) is 2. The highest BCUT2D eigenvalue weighted by Gasteiger charge is 2.22. The third-order valence-electron chi connectivity index (χ3n) is 4.55. The first-order valence-corrected chi connectivity index (χ1v) is 9.75. The van der Waals surface area contributed by atoms with Crippen molar-refractivity contribution < 1.29 is 23.0 Å². The molecule has 6 nitrogen and oxygen atoms in total. The number of halogens is 2. The number of hydrogen-bond acceptors (Lipinski definition) is 5. The van der Waals surface area contributed by atoms with Crippen LogP contribution in [0.2, 0.25) is 0 Å². The molecule has 0 aliphatic carbocycles. The fraction of sp³-hybridized carbons (Fsp3) is 0.364. The summed E-state index contributed by atoms with van der Waals surface area (Å²) >= 11 is 0. The minimum absolute atomic E-state index is 0.0727. The number of pyridine rings is 1. The van der Waals surface area contributed by atoms with Crippen LogP contribution in [0, 0.1) is 0 Å². The van der Waals surface area contributed by atoms with Gasteiger partial charge in [0.1, 0.15) is 11.6 Å². The molecule has 0 bridgehead atoms. The average Bonchev–Trinajstić information content (AvgIpc) is 2.71. The summed E-state index contributed by atoms with van der Waals surface area (Å²) in [6.07, 6.45) is 5.07. The minimum Gasteiger partial charge on any atom is -0.435 e. The molecule has 1 saturated heterocycles. The Labute approximate surface area is 174 Å². The summed E-state index contributed by atoms with van der Waals surface area (Å²) in [5.74, 6) is 0.706. The summed E-state index contributed by atoms with van der Waals surface area (Å²) in [5, 5.41) is 2.80. The maximum absolute atomic E-state index is 12.1. The van der Waals surface area contributed by atoms with Gasteiger partial charge in [-0.3, -0.25) is 4.79 Å². The molecule has 160 valence electrons. The highest BCUT2D eigenvalue weighted by atomic mass is 19.3. The SMILES string of the molecule is CC1CN(c2ccc(CNC(=O)/C=C/c3ccc(OC(F)F)cc3)cn2)CC(C)O1. The summed E-state index contributed by atoms with van der Waals surface area (Å²) < 4.78 is 34.3. The predicted molar refractivity (Wildman–Crippen MR) is 110 cm³/mol. The maximum atomic E-state index is 12.1. The molecule has 0 spiro atoms. The lowest BCUT2D eigenvalue weighted by molar-refractivity contribution is -0.116. The van der Waals surface area contributed by atoms with Crippen LogP contribution >= 0.6 is 0 Å². The maximum Gasteiger partial charge on any atom is 0.387 e. The summed E-state index contributed by atoms with van der Waals surface area (Å²) in [4.78, 5) is 18.7. The van der Waals surface area contributed by atoms with E-state index in [1.165, 1.54) is 18.2 Å². The van der Waals surface area contributed by atoms with Crippen molar-refractivity contribution in [2.45, 2.75) is 39.2 Å². The zero-order chi connectivity index (χ0) is 21.5. The van der Waals surface area contributed by atoms with E-state index < -0.39 is 6.61 Å². The van der Waals surface area contributed by atoms with E-state index in [-0.39, 0.29) is 23.9 Å². The largest absolute Gasteiger partial charge is 0.435 e. The van der Waals surface area contributed by atoms with Crippen molar-refractivity contribution in [3.8, 4) is 5.75 Å². The Hall–Kier alpha value is -3.00. The molecule has 3 rings (SSSR count). The predicted octanol–water partition coefficient (Wildman–Crippen LogP) is 3.63. The number of nitrogens with one attached hydrogen (secondary N) is 1. The molecule has 1 amide bonds. The number of carbonyl (C=O) groups excluding carboxylic acids is 1. The van der Waals surface area contributed by atoms with E-state index in [0.717, 1.165) is 24.5 Å². The number of carbonyl (C=O) groups is 1. The molecular weight excluding hydrogens is 392 g/mol. The van der Waals surface area contributed by atoms with Crippen molar-refractivity contribution in [1.29, 1.82) is 0 Å². The summed E-state index contributed by atoms with van der Waals surface area (Å²) in [6.45, 7) is 3.19. The Morgan fingerprint density at radius 2 is 1.93 bits per heavy atom. The molecule has 1 aliphatic heterocycles. The Morgan fingerprint density at radius 3 is 2.53 bits per heavy atom. The Balaban J connectivity index is 1.48. The van der Waals surface area contributed by atoms with Crippen molar-refractivity contribution >= 4 is 17.8 Å². The van der Waals surface area contributed by atoms with E-state index in [2.05, 4.69) is 19.9 Å². The third kappa shape index (κ3) is 6.52. The molecule has 1 aliphatic rings. The third-order valence-corrected chi connectivity index (χ3v) is 4.55. The molecule has 1 aromatic carbocycles.